The van der Waals surface area contributed by atoms with E-state index in [2.05, 4.69) is 10.2 Å². The number of nitrogens with one attached hydrogen (secondary N) is 1. The average Bonchev–Trinajstić information content (AvgIpc) is 2.74. The van der Waals surface area contributed by atoms with Crippen LogP contribution in [0.5, 0.6) is 0 Å². The van der Waals surface area contributed by atoms with Crippen LogP contribution in [0.15, 0.2) is 6.20 Å². The number of nitrogens with zero attached hydrogens (tertiary/aromatic N) is 1. The number of aromatic nitrogens is 2. The number of H-pyrrole nitrogens is 1. The van der Waals surface area contributed by atoms with Gasteiger partial charge in [0.15, 0.2) is 0 Å². The molecule has 13 heavy (non-hydrogen) atoms. The second-order valence-electron chi connectivity index (χ2n) is 3.55. The lowest BCUT2D eigenvalue weighted by atomic mass is 9.98. The molecule has 0 aromatic carbocycles. The molecule has 0 bridgehead atoms. The van der Waals surface area contributed by atoms with Gasteiger partial charge in [-0.15, -0.1) is 0 Å². The fraction of sp³-hybridized carbons (Fsp3) is 0.556. The summed E-state index contributed by atoms with van der Waals surface area (Å²) in [5, 5.41) is 6.52. The molecule has 1 fully saturated rings. The van der Waals surface area contributed by atoms with Crippen LogP contribution in [-0.2, 0) is 0 Å². The van der Waals surface area contributed by atoms with E-state index in [1.165, 1.54) is 12.8 Å². The highest BCUT2D eigenvalue weighted by atomic mass is 16.1. The first kappa shape index (κ1) is 8.29. The normalized spacial score (nSPS) is 17.8. The smallest absolute Gasteiger partial charge is 0.267 e. The van der Waals surface area contributed by atoms with Crippen molar-refractivity contribution in [3.05, 3.63) is 17.5 Å². The molecule has 0 atom stereocenters. The van der Waals surface area contributed by atoms with Gasteiger partial charge in [0.25, 0.3) is 5.91 Å². The molecule has 1 aliphatic rings. The maximum Gasteiger partial charge on any atom is 0.267 e. The van der Waals surface area contributed by atoms with Gasteiger partial charge in [-0.1, -0.05) is 12.8 Å². The number of hydrogen-bond donors (Lipinski definition) is 2. The van der Waals surface area contributed by atoms with Gasteiger partial charge in [0, 0.05) is 5.56 Å². The Hall–Kier alpha value is -1.32. The monoisotopic (exact) mass is 179 g/mol. The number of aromatic amines is 1. The van der Waals surface area contributed by atoms with Crippen molar-refractivity contribution in [1.82, 2.24) is 10.2 Å². The molecule has 0 radical (unpaired) electrons. The van der Waals surface area contributed by atoms with Gasteiger partial charge >= 0.3 is 0 Å². The molecule has 1 heterocycles. The minimum absolute atomic E-state index is 0.403. The molecule has 0 aliphatic heterocycles. The standard InChI is InChI=1S/C9H13N3O/c10-9(13)8-7(5-11-12-8)6-3-1-2-4-6/h5-6H,1-4H2,(H2,10,13)(H,11,12). The summed E-state index contributed by atoms with van der Waals surface area (Å²) in [6.07, 6.45) is 6.53. The summed E-state index contributed by atoms with van der Waals surface area (Å²) in [6, 6.07) is 0. The van der Waals surface area contributed by atoms with E-state index in [4.69, 9.17) is 5.73 Å². The van der Waals surface area contributed by atoms with Crippen molar-refractivity contribution in [3.8, 4) is 0 Å². The maximum absolute atomic E-state index is 11.0. The van der Waals surface area contributed by atoms with Crippen LogP contribution in [0.4, 0.5) is 0 Å². The van der Waals surface area contributed by atoms with Crippen LogP contribution in [0.1, 0.15) is 47.7 Å². The number of hydrogen-bond acceptors (Lipinski definition) is 2. The van der Waals surface area contributed by atoms with Crippen LogP contribution in [0.2, 0.25) is 0 Å². The summed E-state index contributed by atoms with van der Waals surface area (Å²) < 4.78 is 0. The predicted octanol–water partition coefficient (Wildman–Crippen LogP) is 1.17. The highest BCUT2D eigenvalue weighted by Crippen LogP contribution is 2.34. The Morgan fingerprint density at radius 1 is 1.54 bits per heavy atom. The topological polar surface area (TPSA) is 71.8 Å². The van der Waals surface area contributed by atoms with E-state index < -0.39 is 5.91 Å². The molecule has 0 spiro atoms. The van der Waals surface area contributed by atoms with Crippen LogP contribution in [0.3, 0.4) is 0 Å². The second kappa shape index (κ2) is 3.20. The highest BCUT2D eigenvalue weighted by molar-refractivity contribution is 5.92. The Morgan fingerprint density at radius 3 is 2.85 bits per heavy atom. The lowest BCUT2D eigenvalue weighted by Gasteiger charge is -2.06. The van der Waals surface area contributed by atoms with E-state index in [1.54, 1.807) is 6.20 Å². The van der Waals surface area contributed by atoms with E-state index >= 15 is 0 Å². The summed E-state index contributed by atoms with van der Waals surface area (Å²) in [4.78, 5) is 11.0. The van der Waals surface area contributed by atoms with Crippen LogP contribution >= 0.6 is 0 Å². The molecule has 3 N–H and O–H groups in total. The third kappa shape index (κ3) is 1.43. The van der Waals surface area contributed by atoms with Gasteiger partial charge in [-0.05, 0) is 18.8 Å². The zero-order valence-electron chi connectivity index (χ0n) is 7.42. The summed E-state index contributed by atoms with van der Waals surface area (Å²) >= 11 is 0. The molecule has 2 rings (SSSR count). The summed E-state index contributed by atoms with van der Waals surface area (Å²) in [7, 11) is 0. The van der Waals surface area contributed by atoms with Crippen molar-refractivity contribution in [2.24, 2.45) is 5.73 Å². The molecular formula is C9H13N3O. The molecule has 0 saturated heterocycles. The fourth-order valence-corrected chi connectivity index (χ4v) is 2.04. The van der Waals surface area contributed by atoms with Gasteiger partial charge in [-0.25, -0.2) is 0 Å². The molecule has 1 aromatic heterocycles. The van der Waals surface area contributed by atoms with Gasteiger partial charge in [0.2, 0.25) is 0 Å². The third-order valence-electron chi connectivity index (χ3n) is 2.71. The Balaban J connectivity index is 2.28. The van der Waals surface area contributed by atoms with Crippen LogP contribution in [0.25, 0.3) is 0 Å². The van der Waals surface area contributed by atoms with E-state index in [9.17, 15) is 4.79 Å². The Bertz CT molecular complexity index is 312. The van der Waals surface area contributed by atoms with Crippen molar-refractivity contribution in [1.29, 1.82) is 0 Å². The number of amides is 1. The molecular weight excluding hydrogens is 166 g/mol. The van der Waals surface area contributed by atoms with Crippen molar-refractivity contribution in [2.75, 3.05) is 0 Å². The zero-order chi connectivity index (χ0) is 9.26. The molecule has 1 amide bonds. The molecule has 1 saturated carbocycles. The van der Waals surface area contributed by atoms with Gasteiger partial charge in [-0.2, -0.15) is 5.10 Å². The van der Waals surface area contributed by atoms with E-state index in [0.717, 1.165) is 18.4 Å². The first-order valence-corrected chi connectivity index (χ1v) is 4.62. The third-order valence-corrected chi connectivity index (χ3v) is 2.71. The molecule has 70 valence electrons. The zero-order valence-corrected chi connectivity index (χ0v) is 7.42. The average molecular weight is 179 g/mol. The maximum atomic E-state index is 11.0. The van der Waals surface area contributed by atoms with Crippen LogP contribution < -0.4 is 5.73 Å². The molecule has 1 aliphatic carbocycles. The Morgan fingerprint density at radius 2 is 2.23 bits per heavy atom. The summed E-state index contributed by atoms with van der Waals surface area (Å²) in [5.74, 6) is 0.0839. The van der Waals surface area contributed by atoms with Crippen LogP contribution in [-0.4, -0.2) is 16.1 Å². The minimum atomic E-state index is -0.403. The largest absolute Gasteiger partial charge is 0.364 e. The first-order chi connectivity index (χ1) is 6.29. The minimum Gasteiger partial charge on any atom is -0.364 e. The van der Waals surface area contributed by atoms with Crippen molar-refractivity contribution in [2.45, 2.75) is 31.6 Å². The fourth-order valence-electron chi connectivity index (χ4n) is 2.04. The molecule has 4 heteroatoms. The van der Waals surface area contributed by atoms with E-state index in [1.807, 2.05) is 0 Å². The van der Waals surface area contributed by atoms with Gasteiger partial charge in [-0.3, -0.25) is 9.89 Å². The SMILES string of the molecule is NC(=O)c1[nH]ncc1C1CCCC1. The lowest BCUT2D eigenvalue weighted by Crippen LogP contribution is -2.14. The van der Waals surface area contributed by atoms with Crippen LogP contribution in [0, 0.1) is 0 Å². The number of primary amides is 1. The Kier molecular flexibility index (Phi) is 2.04. The number of rotatable bonds is 2. The molecule has 1 aromatic rings. The number of carbonyl (C=O) groups is 1. The van der Waals surface area contributed by atoms with Gasteiger partial charge in [0.1, 0.15) is 5.69 Å². The molecule has 0 unspecified atom stereocenters. The Labute approximate surface area is 76.5 Å². The van der Waals surface area contributed by atoms with Gasteiger partial charge in [0.05, 0.1) is 6.20 Å². The highest BCUT2D eigenvalue weighted by Gasteiger charge is 2.22. The van der Waals surface area contributed by atoms with Crippen molar-refractivity contribution < 1.29 is 4.79 Å². The van der Waals surface area contributed by atoms with Gasteiger partial charge < -0.3 is 5.73 Å². The number of nitrogens with two attached hydrogens (primary N) is 1. The predicted molar refractivity (Wildman–Crippen MR) is 48.3 cm³/mol. The number of carbonyl (C=O) groups excluding carboxylic acids is 1. The van der Waals surface area contributed by atoms with E-state index in [0.29, 0.717) is 11.6 Å². The summed E-state index contributed by atoms with van der Waals surface area (Å²) in [6.45, 7) is 0. The van der Waals surface area contributed by atoms with E-state index in [-0.39, 0.29) is 0 Å². The second-order valence-corrected chi connectivity index (χ2v) is 3.55. The molecule has 4 nitrogen and oxygen atoms in total. The quantitative estimate of drug-likeness (QED) is 0.715. The summed E-state index contributed by atoms with van der Waals surface area (Å²) in [5.41, 5.74) is 6.71. The van der Waals surface area contributed by atoms with Crippen molar-refractivity contribution >= 4 is 5.91 Å². The first-order valence-electron chi connectivity index (χ1n) is 4.62. The lowest BCUT2D eigenvalue weighted by molar-refractivity contribution is 0.0994. The van der Waals surface area contributed by atoms with Crippen molar-refractivity contribution in [3.63, 3.8) is 0 Å².